The molecule has 0 saturated carbocycles. The number of carbonyl (C=O) groups is 1. The number of ketones is 1. The number of H-pyrrole nitrogens is 1. The Hall–Kier alpha value is -3.10. The molecular formula is C19H12ClFN2O2. The van der Waals surface area contributed by atoms with E-state index in [4.69, 9.17) is 16.3 Å². The molecule has 6 heteroatoms. The maximum Gasteiger partial charge on any atom is 0.205 e. The zero-order valence-corrected chi connectivity index (χ0v) is 13.9. The van der Waals surface area contributed by atoms with Gasteiger partial charge in [-0.25, -0.2) is 4.39 Å². The van der Waals surface area contributed by atoms with E-state index in [1.807, 2.05) is 6.07 Å². The normalized spacial score (nSPS) is 11.4. The monoisotopic (exact) mass is 354 g/mol. The van der Waals surface area contributed by atoms with Crippen LogP contribution in [0.1, 0.15) is 15.9 Å². The smallest absolute Gasteiger partial charge is 0.205 e. The number of aromatic nitrogens is 1. The molecular weight excluding hydrogens is 343 g/mol. The lowest BCUT2D eigenvalue weighted by Gasteiger charge is -2.03. The number of nitrogens with zero attached hydrogens (tertiary/aromatic N) is 1. The topological polar surface area (TPSA) is 65.9 Å². The molecule has 3 aromatic rings. The van der Waals surface area contributed by atoms with Crippen LogP contribution < -0.4 is 4.74 Å². The van der Waals surface area contributed by atoms with Gasteiger partial charge in [0.2, 0.25) is 5.78 Å². The Kier molecular flexibility index (Phi) is 4.55. The van der Waals surface area contributed by atoms with E-state index in [0.717, 1.165) is 0 Å². The van der Waals surface area contributed by atoms with Crippen molar-refractivity contribution in [2.24, 2.45) is 0 Å². The number of hydrogen-bond donors (Lipinski definition) is 1. The minimum absolute atomic E-state index is 0.0930. The zero-order chi connectivity index (χ0) is 18.0. The number of Topliss-reactive ketones (excluding diaryl/α,β-unsaturated/α-hetero) is 1. The highest BCUT2D eigenvalue weighted by molar-refractivity contribution is 6.31. The summed E-state index contributed by atoms with van der Waals surface area (Å²) in [4.78, 5) is 15.6. The van der Waals surface area contributed by atoms with Gasteiger partial charge in [-0.15, -0.1) is 0 Å². The summed E-state index contributed by atoms with van der Waals surface area (Å²) in [6.07, 6.45) is 2.88. The number of carbonyl (C=O) groups excluding carboxylic acids is 1. The third kappa shape index (κ3) is 3.25. The van der Waals surface area contributed by atoms with E-state index in [1.165, 1.54) is 31.5 Å². The lowest BCUT2D eigenvalue weighted by molar-refractivity contribution is 0.104. The van der Waals surface area contributed by atoms with Crippen LogP contribution in [-0.2, 0) is 0 Å². The third-order valence-corrected chi connectivity index (χ3v) is 3.98. The molecule has 0 aliphatic carbocycles. The molecule has 0 fully saturated rings. The second kappa shape index (κ2) is 6.80. The Morgan fingerprint density at radius 2 is 2.12 bits per heavy atom. The minimum Gasteiger partial charge on any atom is -0.494 e. The number of benzene rings is 2. The number of nitriles is 1. The van der Waals surface area contributed by atoms with Gasteiger partial charge in [-0.05, 0) is 35.9 Å². The summed E-state index contributed by atoms with van der Waals surface area (Å²) in [6, 6.07) is 11.2. The standard InChI is InChI=1S/C19H12ClFN2O2/c1-25-18-5-2-11(7-16(18)21)6-12(9-22)19(24)15-10-23-17-8-13(20)3-4-14(15)17/h2-8,10,23H,1H3/b12-6-. The highest BCUT2D eigenvalue weighted by atomic mass is 35.5. The highest BCUT2D eigenvalue weighted by Crippen LogP contribution is 2.25. The number of aromatic amines is 1. The molecule has 25 heavy (non-hydrogen) atoms. The van der Waals surface area contributed by atoms with Gasteiger partial charge in [0.1, 0.15) is 11.6 Å². The van der Waals surface area contributed by atoms with Gasteiger partial charge in [-0.2, -0.15) is 5.26 Å². The van der Waals surface area contributed by atoms with Crippen LogP contribution in [0.5, 0.6) is 5.75 Å². The first-order valence-corrected chi connectivity index (χ1v) is 7.68. The van der Waals surface area contributed by atoms with E-state index < -0.39 is 11.6 Å². The maximum absolute atomic E-state index is 13.8. The van der Waals surface area contributed by atoms with Crippen LogP contribution in [0, 0.1) is 17.1 Å². The minimum atomic E-state index is -0.567. The fraction of sp³-hybridized carbons (Fsp3) is 0.0526. The van der Waals surface area contributed by atoms with Crippen LogP contribution in [0.3, 0.4) is 0 Å². The van der Waals surface area contributed by atoms with E-state index in [1.54, 1.807) is 24.3 Å². The molecule has 2 aromatic carbocycles. The van der Waals surface area contributed by atoms with E-state index in [-0.39, 0.29) is 11.3 Å². The fourth-order valence-electron chi connectivity index (χ4n) is 2.52. The van der Waals surface area contributed by atoms with Gasteiger partial charge in [-0.1, -0.05) is 23.7 Å². The van der Waals surface area contributed by atoms with Crippen molar-refractivity contribution in [3.8, 4) is 11.8 Å². The average molecular weight is 355 g/mol. The number of rotatable bonds is 4. The predicted octanol–water partition coefficient (Wildman–Crippen LogP) is 4.76. The van der Waals surface area contributed by atoms with Crippen LogP contribution >= 0.6 is 11.6 Å². The van der Waals surface area contributed by atoms with Crippen molar-refractivity contribution in [3.05, 3.63) is 70.1 Å². The average Bonchev–Trinajstić information content (AvgIpc) is 3.02. The summed E-state index contributed by atoms with van der Waals surface area (Å²) in [5.74, 6) is -0.925. The van der Waals surface area contributed by atoms with Gasteiger partial charge < -0.3 is 9.72 Å². The second-order valence-corrected chi connectivity index (χ2v) is 5.72. The SMILES string of the molecule is COc1ccc(/C=C(/C#N)C(=O)c2c[nH]c3cc(Cl)ccc23)cc1F. The molecule has 0 radical (unpaired) electrons. The summed E-state index contributed by atoms with van der Waals surface area (Å²) in [6.45, 7) is 0. The number of halogens is 2. The fourth-order valence-corrected chi connectivity index (χ4v) is 2.69. The summed E-state index contributed by atoms with van der Waals surface area (Å²) in [5, 5.41) is 10.6. The van der Waals surface area contributed by atoms with Gasteiger partial charge in [-0.3, -0.25) is 4.79 Å². The molecule has 1 N–H and O–H groups in total. The van der Waals surface area contributed by atoms with Gasteiger partial charge in [0, 0.05) is 27.7 Å². The molecule has 1 heterocycles. The van der Waals surface area contributed by atoms with E-state index >= 15 is 0 Å². The summed E-state index contributed by atoms with van der Waals surface area (Å²) in [7, 11) is 1.36. The molecule has 124 valence electrons. The van der Waals surface area contributed by atoms with Crippen molar-refractivity contribution in [2.75, 3.05) is 7.11 Å². The van der Waals surface area contributed by atoms with Crippen LogP contribution in [0.4, 0.5) is 4.39 Å². The largest absolute Gasteiger partial charge is 0.494 e. The second-order valence-electron chi connectivity index (χ2n) is 5.29. The number of allylic oxidation sites excluding steroid dienone is 1. The predicted molar refractivity (Wildman–Crippen MR) is 94.2 cm³/mol. The molecule has 4 nitrogen and oxygen atoms in total. The van der Waals surface area contributed by atoms with Crippen molar-refractivity contribution >= 4 is 34.4 Å². The number of hydrogen-bond acceptors (Lipinski definition) is 3. The molecule has 0 atom stereocenters. The number of ether oxygens (including phenoxy) is 1. The Morgan fingerprint density at radius 3 is 2.80 bits per heavy atom. The third-order valence-electron chi connectivity index (χ3n) is 3.74. The van der Waals surface area contributed by atoms with Crippen LogP contribution in [0.25, 0.3) is 17.0 Å². The molecule has 0 aliphatic heterocycles. The van der Waals surface area contributed by atoms with Gasteiger partial charge in [0.15, 0.2) is 11.6 Å². The molecule has 0 unspecified atom stereocenters. The van der Waals surface area contributed by atoms with Crippen LogP contribution in [0.15, 0.2) is 48.2 Å². The molecule has 1 aromatic heterocycles. The van der Waals surface area contributed by atoms with Crippen molar-refractivity contribution < 1.29 is 13.9 Å². The van der Waals surface area contributed by atoms with E-state index in [2.05, 4.69) is 4.98 Å². The quantitative estimate of drug-likeness (QED) is 0.417. The van der Waals surface area contributed by atoms with Crippen molar-refractivity contribution in [1.29, 1.82) is 5.26 Å². The van der Waals surface area contributed by atoms with Gasteiger partial charge in [0.05, 0.1) is 7.11 Å². The van der Waals surface area contributed by atoms with Crippen LogP contribution in [-0.4, -0.2) is 17.9 Å². The van der Waals surface area contributed by atoms with E-state index in [9.17, 15) is 14.4 Å². The Bertz CT molecular complexity index is 1050. The molecule has 0 aliphatic rings. The lowest BCUT2D eigenvalue weighted by Crippen LogP contribution is -2.01. The van der Waals surface area contributed by atoms with Crippen molar-refractivity contribution in [1.82, 2.24) is 4.98 Å². The van der Waals surface area contributed by atoms with Crippen LogP contribution in [0.2, 0.25) is 5.02 Å². The molecule has 0 amide bonds. The Balaban J connectivity index is 2.01. The summed E-state index contributed by atoms with van der Waals surface area (Å²) in [5.41, 5.74) is 1.35. The summed E-state index contributed by atoms with van der Waals surface area (Å²) < 4.78 is 18.6. The molecule has 0 spiro atoms. The number of fused-ring (bicyclic) bond motifs is 1. The van der Waals surface area contributed by atoms with E-state index in [0.29, 0.717) is 27.1 Å². The number of methoxy groups -OCH3 is 1. The highest BCUT2D eigenvalue weighted by Gasteiger charge is 2.17. The van der Waals surface area contributed by atoms with Crippen molar-refractivity contribution in [2.45, 2.75) is 0 Å². The maximum atomic E-state index is 13.8. The lowest BCUT2D eigenvalue weighted by atomic mass is 10.0. The van der Waals surface area contributed by atoms with Gasteiger partial charge in [0.25, 0.3) is 0 Å². The molecule has 3 rings (SSSR count). The first-order valence-electron chi connectivity index (χ1n) is 7.30. The first kappa shape index (κ1) is 16.7. The Labute approximate surface area is 148 Å². The number of nitrogens with one attached hydrogen (secondary N) is 1. The molecule has 0 bridgehead atoms. The Morgan fingerprint density at radius 1 is 1.32 bits per heavy atom. The van der Waals surface area contributed by atoms with Gasteiger partial charge >= 0.3 is 0 Å². The zero-order valence-electron chi connectivity index (χ0n) is 13.1. The molecule has 0 saturated heterocycles. The van der Waals surface area contributed by atoms with Crippen molar-refractivity contribution in [3.63, 3.8) is 0 Å². The summed E-state index contributed by atoms with van der Waals surface area (Å²) >= 11 is 5.93. The first-order chi connectivity index (χ1) is 12.0.